The second-order valence-corrected chi connectivity index (χ2v) is 5.56. The summed E-state index contributed by atoms with van der Waals surface area (Å²) in [6, 6.07) is 9.99. The van der Waals surface area contributed by atoms with Crippen LogP contribution in [0.3, 0.4) is 0 Å². The number of hydrogen-bond acceptors (Lipinski definition) is 2. The molecule has 0 radical (unpaired) electrons. The van der Waals surface area contributed by atoms with Crippen molar-refractivity contribution < 1.29 is 9.90 Å². The molecule has 2 N–H and O–H groups in total. The fourth-order valence-corrected chi connectivity index (χ4v) is 2.66. The minimum absolute atomic E-state index is 0.0507. The molecule has 0 spiro atoms. The number of rotatable bonds is 4. The first-order valence-electron chi connectivity index (χ1n) is 7.19. The molecular weight excluding hydrogens is 238 g/mol. The van der Waals surface area contributed by atoms with Crippen LogP contribution in [0, 0.1) is 5.92 Å². The molecule has 3 nitrogen and oxygen atoms in total. The minimum atomic E-state index is -0.373. The Labute approximate surface area is 115 Å². The molecule has 0 aliphatic heterocycles. The van der Waals surface area contributed by atoms with E-state index in [1.807, 2.05) is 37.3 Å². The third-order valence-corrected chi connectivity index (χ3v) is 3.89. The number of benzene rings is 1. The molecule has 1 aromatic rings. The van der Waals surface area contributed by atoms with Crippen LogP contribution in [0.5, 0.6) is 0 Å². The lowest BCUT2D eigenvalue weighted by Gasteiger charge is -2.29. The Balaban J connectivity index is 1.85. The van der Waals surface area contributed by atoms with Gasteiger partial charge in [0.1, 0.15) is 0 Å². The Morgan fingerprint density at radius 2 is 2.00 bits per heavy atom. The highest BCUT2D eigenvalue weighted by molar-refractivity contribution is 5.79. The van der Waals surface area contributed by atoms with Crippen molar-refractivity contribution in [3.63, 3.8) is 0 Å². The second kappa shape index (κ2) is 6.71. The molecule has 1 aromatic carbocycles. The lowest BCUT2D eigenvalue weighted by molar-refractivity contribution is -0.126. The molecule has 1 fully saturated rings. The molecule has 3 unspecified atom stereocenters. The average Bonchev–Trinajstić information content (AvgIpc) is 2.42. The Bertz CT molecular complexity index is 404. The summed E-state index contributed by atoms with van der Waals surface area (Å²) >= 11 is 0. The molecule has 19 heavy (non-hydrogen) atoms. The molecule has 3 atom stereocenters. The lowest BCUT2D eigenvalue weighted by atomic mass is 9.91. The molecule has 0 bridgehead atoms. The molecule has 2 rings (SSSR count). The zero-order valence-electron chi connectivity index (χ0n) is 11.5. The summed E-state index contributed by atoms with van der Waals surface area (Å²) in [5.74, 6) is -0.00803. The Morgan fingerprint density at radius 3 is 2.68 bits per heavy atom. The molecule has 0 saturated heterocycles. The molecule has 0 heterocycles. The first-order chi connectivity index (χ1) is 9.16. The minimum Gasteiger partial charge on any atom is -0.391 e. The number of amides is 1. The topological polar surface area (TPSA) is 49.3 Å². The Hall–Kier alpha value is -1.35. The molecule has 1 aliphatic rings. The van der Waals surface area contributed by atoms with Gasteiger partial charge >= 0.3 is 0 Å². The highest BCUT2D eigenvalue weighted by Crippen LogP contribution is 2.19. The first-order valence-corrected chi connectivity index (χ1v) is 7.19. The van der Waals surface area contributed by atoms with E-state index in [2.05, 4.69) is 5.32 Å². The van der Waals surface area contributed by atoms with Crippen LogP contribution in [0.1, 0.15) is 38.2 Å². The summed E-state index contributed by atoms with van der Waals surface area (Å²) in [7, 11) is 0. The van der Waals surface area contributed by atoms with Gasteiger partial charge in [0.05, 0.1) is 12.1 Å². The van der Waals surface area contributed by atoms with Crippen LogP contribution in [0.4, 0.5) is 0 Å². The highest BCUT2D eigenvalue weighted by Gasteiger charge is 2.26. The molecule has 104 valence electrons. The van der Waals surface area contributed by atoms with Gasteiger partial charge in [0.25, 0.3) is 0 Å². The van der Waals surface area contributed by atoms with Crippen LogP contribution >= 0.6 is 0 Å². The third-order valence-electron chi connectivity index (χ3n) is 3.89. The van der Waals surface area contributed by atoms with Gasteiger partial charge in [0.15, 0.2) is 0 Å². The van der Waals surface area contributed by atoms with Gasteiger partial charge in [-0.05, 0) is 24.8 Å². The van der Waals surface area contributed by atoms with E-state index < -0.39 is 0 Å². The van der Waals surface area contributed by atoms with Crippen molar-refractivity contribution in [1.82, 2.24) is 5.32 Å². The van der Waals surface area contributed by atoms with Gasteiger partial charge in [-0.1, -0.05) is 50.1 Å². The van der Waals surface area contributed by atoms with Crippen molar-refractivity contribution in [3.8, 4) is 0 Å². The van der Waals surface area contributed by atoms with E-state index in [1.165, 1.54) is 5.56 Å². The zero-order chi connectivity index (χ0) is 13.7. The maximum Gasteiger partial charge on any atom is 0.223 e. The number of nitrogens with one attached hydrogen (secondary N) is 1. The predicted molar refractivity (Wildman–Crippen MR) is 75.7 cm³/mol. The average molecular weight is 261 g/mol. The summed E-state index contributed by atoms with van der Waals surface area (Å²) in [6.45, 7) is 1.94. The number of aliphatic hydroxyl groups excluding tert-OH is 1. The van der Waals surface area contributed by atoms with Crippen molar-refractivity contribution in [2.75, 3.05) is 0 Å². The number of carbonyl (C=O) groups excluding carboxylic acids is 1. The molecule has 0 aromatic heterocycles. The maximum absolute atomic E-state index is 12.1. The Morgan fingerprint density at radius 1 is 1.32 bits per heavy atom. The van der Waals surface area contributed by atoms with Crippen LogP contribution < -0.4 is 5.32 Å². The predicted octanol–water partition coefficient (Wildman–Crippen LogP) is 2.28. The van der Waals surface area contributed by atoms with Gasteiger partial charge in [0, 0.05) is 5.92 Å². The molecular formula is C16H23NO2. The van der Waals surface area contributed by atoms with Crippen LogP contribution in [-0.2, 0) is 11.2 Å². The normalized spacial score (nSPS) is 24.7. The molecule has 1 aliphatic carbocycles. The van der Waals surface area contributed by atoms with Gasteiger partial charge < -0.3 is 10.4 Å². The van der Waals surface area contributed by atoms with Crippen molar-refractivity contribution in [2.24, 2.45) is 5.92 Å². The fourth-order valence-electron chi connectivity index (χ4n) is 2.66. The smallest absolute Gasteiger partial charge is 0.223 e. The fraction of sp³-hybridized carbons (Fsp3) is 0.562. The monoisotopic (exact) mass is 261 g/mol. The van der Waals surface area contributed by atoms with Gasteiger partial charge in [-0.2, -0.15) is 0 Å². The standard InChI is InChI=1S/C16H23NO2/c1-12(11-13-7-3-2-4-8-13)16(19)17-14-9-5-6-10-15(14)18/h2-4,7-8,12,14-15,18H,5-6,9-11H2,1H3,(H,17,19). The van der Waals surface area contributed by atoms with E-state index in [0.29, 0.717) is 0 Å². The van der Waals surface area contributed by atoms with E-state index >= 15 is 0 Å². The van der Waals surface area contributed by atoms with Crippen molar-refractivity contribution in [3.05, 3.63) is 35.9 Å². The summed E-state index contributed by atoms with van der Waals surface area (Å²) in [6.07, 6.45) is 4.22. The first kappa shape index (κ1) is 14.1. The Kier molecular flexibility index (Phi) is 4.97. The van der Waals surface area contributed by atoms with E-state index in [0.717, 1.165) is 32.1 Å². The van der Waals surface area contributed by atoms with Crippen molar-refractivity contribution in [1.29, 1.82) is 0 Å². The lowest BCUT2D eigenvalue weighted by Crippen LogP contribution is -2.47. The second-order valence-electron chi connectivity index (χ2n) is 5.56. The van der Waals surface area contributed by atoms with Crippen LogP contribution in [0.25, 0.3) is 0 Å². The number of carbonyl (C=O) groups is 1. The number of hydrogen-bond donors (Lipinski definition) is 2. The molecule has 3 heteroatoms. The molecule has 1 amide bonds. The van der Waals surface area contributed by atoms with Crippen molar-refractivity contribution >= 4 is 5.91 Å². The van der Waals surface area contributed by atoms with E-state index in [4.69, 9.17) is 0 Å². The van der Waals surface area contributed by atoms with Gasteiger partial charge in [0.2, 0.25) is 5.91 Å². The number of aliphatic hydroxyl groups is 1. The van der Waals surface area contributed by atoms with Crippen LogP contribution in [0.2, 0.25) is 0 Å². The van der Waals surface area contributed by atoms with E-state index in [9.17, 15) is 9.90 Å². The largest absolute Gasteiger partial charge is 0.391 e. The zero-order valence-corrected chi connectivity index (χ0v) is 11.5. The summed E-state index contributed by atoms with van der Waals surface area (Å²) < 4.78 is 0. The van der Waals surface area contributed by atoms with Crippen LogP contribution in [0.15, 0.2) is 30.3 Å². The van der Waals surface area contributed by atoms with Crippen molar-refractivity contribution in [2.45, 2.75) is 51.2 Å². The SMILES string of the molecule is CC(Cc1ccccc1)C(=O)NC1CCCCC1O. The van der Waals surface area contributed by atoms with Gasteiger partial charge in [-0.25, -0.2) is 0 Å². The third kappa shape index (κ3) is 4.06. The maximum atomic E-state index is 12.1. The van der Waals surface area contributed by atoms with E-state index in [1.54, 1.807) is 0 Å². The summed E-state index contributed by atoms with van der Waals surface area (Å²) in [5.41, 5.74) is 1.18. The highest BCUT2D eigenvalue weighted by atomic mass is 16.3. The summed E-state index contributed by atoms with van der Waals surface area (Å²) in [4.78, 5) is 12.1. The van der Waals surface area contributed by atoms with Gasteiger partial charge in [-0.3, -0.25) is 4.79 Å². The van der Waals surface area contributed by atoms with E-state index in [-0.39, 0.29) is 24.0 Å². The molecule has 1 saturated carbocycles. The summed E-state index contributed by atoms with van der Waals surface area (Å²) in [5, 5.41) is 12.9. The quantitative estimate of drug-likeness (QED) is 0.873. The van der Waals surface area contributed by atoms with Gasteiger partial charge in [-0.15, -0.1) is 0 Å². The van der Waals surface area contributed by atoms with Crippen LogP contribution in [-0.4, -0.2) is 23.2 Å².